The highest BCUT2D eigenvalue weighted by Gasteiger charge is 2.38. The van der Waals surface area contributed by atoms with Gasteiger partial charge in [0, 0.05) is 80.6 Å². The van der Waals surface area contributed by atoms with Crippen molar-refractivity contribution in [1.82, 2.24) is 20.5 Å². The minimum atomic E-state index is -0.523. The number of hydrazone groups is 1. The Bertz CT molecular complexity index is 1880. The van der Waals surface area contributed by atoms with E-state index in [0.29, 0.717) is 54.8 Å². The molecule has 1 saturated heterocycles. The molecule has 3 aromatic carbocycles. The monoisotopic (exact) mass is 667 g/mol. The number of fused-ring (bicyclic) bond motifs is 1. The number of hydrogen-bond donors (Lipinski definition) is 3. The summed E-state index contributed by atoms with van der Waals surface area (Å²) in [5.41, 5.74) is 8.51. The summed E-state index contributed by atoms with van der Waals surface area (Å²) in [6, 6.07) is 20.6. The Morgan fingerprint density at radius 3 is 2.35 bits per heavy atom. The van der Waals surface area contributed by atoms with E-state index in [1.54, 1.807) is 31.2 Å². The number of aromatic amines is 1. The number of aromatic nitrogens is 2. The summed E-state index contributed by atoms with van der Waals surface area (Å²) >= 11 is 0. The number of esters is 1. The third-order valence-corrected chi connectivity index (χ3v) is 8.70. The number of nitro groups is 1. The molecule has 254 valence electrons. The lowest BCUT2D eigenvalue weighted by Gasteiger charge is -2.38. The van der Waals surface area contributed by atoms with Gasteiger partial charge in [0.25, 0.3) is 5.69 Å². The third-order valence-electron chi connectivity index (χ3n) is 8.70. The smallest absolute Gasteiger partial charge is 0.338 e. The first kappa shape index (κ1) is 33.0. The third kappa shape index (κ3) is 6.89. The van der Waals surface area contributed by atoms with Crippen molar-refractivity contribution in [2.24, 2.45) is 5.10 Å². The van der Waals surface area contributed by atoms with Crippen LogP contribution in [0.5, 0.6) is 0 Å². The molecule has 1 fully saturated rings. The number of nitrogens with one attached hydrogen (secondary N) is 3. The van der Waals surface area contributed by atoms with Gasteiger partial charge in [-0.2, -0.15) is 10.2 Å². The fourth-order valence-electron chi connectivity index (χ4n) is 6.16. The Morgan fingerprint density at radius 2 is 1.73 bits per heavy atom. The number of nitro benzene ring substituents is 1. The van der Waals surface area contributed by atoms with Gasteiger partial charge >= 0.3 is 5.97 Å². The first-order valence-electron chi connectivity index (χ1n) is 16.0. The van der Waals surface area contributed by atoms with Crippen LogP contribution in [0.4, 0.5) is 27.3 Å². The second kappa shape index (κ2) is 14.1. The molecule has 6 rings (SSSR count). The van der Waals surface area contributed by atoms with Crippen LogP contribution in [0.25, 0.3) is 0 Å². The second-order valence-corrected chi connectivity index (χ2v) is 12.0. The fourth-order valence-corrected chi connectivity index (χ4v) is 6.16. The Kier molecular flexibility index (Phi) is 9.47. The van der Waals surface area contributed by atoms with Gasteiger partial charge in [-0.05, 0) is 67.9 Å². The predicted octanol–water partition coefficient (Wildman–Crippen LogP) is 4.94. The first-order chi connectivity index (χ1) is 23.6. The summed E-state index contributed by atoms with van der Waals surface area (Å²) in [4.78, 5) is 31.0. The van der Waals surface area contributed by atoms with Crippen LogP contribution in [0, 0.1) is 22.9 Å². The van der Waals surface area contributed by atoms with Crippen molar-refractivity contribution >= 4 is 34.7 Å². The Labute approximate surface area is 283 Å². The number of piperazine rings is 1. The van der Waals surface area contributed by atoms with E-state index in [4.69, 9.17) is 9.84 Å². The zero-order valence-corrected chi connectivity index (χ0v) is 27.7. The normalized spacial score (nSPS) is 16.2. The first-order valence-corrected chi connectivity index (χ1v) is 16.0. The van der Waals surface area contributed by atoms with E-state index in [1.165, 1.54) is 24.3 Å². The van der Waals surface area contributed by atoms with Crippen LogP contribution in [0.15, 0.2) is 89.3 Å². The number of non-ortho nitro benzene ring substituents is 1. The SMILES string of the molecule is CCOC(=O)C1=C(N/N=C(\c2ccc([N+](=O)[O-])cc2)N2CCN(c3ccc(F)cc3)CC2)Nc2n[nH]c(C)c2C1c1ccc(N(C)C)cc1. The summed E-state index contributed by atoms with van der Waals surface area (Å²) in [5.74, 6) is 0.0644. The Hall–Kier alpha value is -5.92. The van der Waals surface area contributed by atoms with Crippen molar-refractivity contribution in [2.75, 3.05) is 62.0 Å². The molecular weight excluding hydrogens is 629 g/mol. The van der Waals surface area contributed by atoms with Crippen molar-refractivity contribution in [1.29, 1.82) is 0 Å². The van der Waals surface area contributed by atoms with E-state index in [0.717, 1.165) is 28.2 Å². The maximum Gasteiger partial charge on any atom is 0.338 e. The molecule has 0 aliphatic carbocycles. The van der Waals surface area contributed by atoms with Crippen LogP contribution >= 0.6 is 0 Å². The van der Waals surface area contributed by atoms with Crippen LogP contribution < -0.4 is 20.5 Å². The zero-order valence-electron chi connectivity index (χ0n) is 27.7. The Balaban J connectivity index is 1.39. The lowest BCUT2D eigenvalue weighted by molar-refractivity contribution is -0.384. The molecule has 3 heterocycles. The topological polar surface area (TPSA) is 144 Å². The molecule has 0 spiro atoms. The van der Waals surface area contributed by atoms with Crippen molar-refractivity contribution in [2.45, 2.75) is 19.8 Å². The van der Waals surface area contributed by atoms with Gasteiger partial charge in [-0.1, -0.05) is 12.1 Å². The van der Waals surface area contributed by atoms with Crippen LogP contribution in [0.2, 0.25) is 0 Å². The highest BCUT2D eigenvalue weighted by molar-refractivity contribution is 5.99. The number of benzene rings is 3. The van der Waals surface area contributed by atoms with Crippen molar-refractivity contribution < 1.29 is 18.8 Å². The average molecular weight is 668 g/mol. The molecule has 0 radical (unpaired) electrons. The predicted molar refractivity (Wildman–Crippen MR) is 186 cm³/mol. The lowest BCUT2D eigenvalue weighted by Crippen LogP contribution is -2.49. The summed E-state index contributed by atoms with van der Waals surface area (Å²) < 4.78 is 19.2. The zero-order chi connectivity index (χ0) is 34.7. The van der Waals surface area contributed by atoms with Gasteiger partial charge < -0.3 is 24.8 Å². The van der Waals surface area contributed by atoms with Crippen LogP contribution in [0.1, 0.15) is 35.2 Å². The Morgan fingerprint density at radius 1 is 1.06 bits per heavy atom. The number of carbonyl (C=O) groups excluding carboxylic acids is 1. The standard InChI is InChI=1S/C35H38FN9O4/c1-5-49-35(46)31-30(23-6-12-26(13-7-23)42(3)4)29-22(2)38-39-32(29)37-33(31)40-41-34(24-8-14-28(15-9-24)45(47)48)44-20-18-43(19-21-44)27-16-10-25(36)11-17-27/h6-17,30,40H,5,18-21H2,1-4H3,(H2,37,38,39)/b41-34+. The van der Waals surface area contributed by atoms with Crippen LogP contribution in [0.3, 0.4) is 0 Å². The number of H-pyrrole nitrogens is 1. The molecule has 49 heavy (non-hydrogen) atoms. The molecule has 13 nitrogen and oxygen atoms in total. The molecule has 4 aromatic rings. The van der Waals surface area contributed by atoms with Crippen molar-refractivity contribution in [3.05, 3.63) is 123 Å². The second-order valence-electron chi connectivity index (χ2n) is 12.0. The van der Waals surface area contributed by atoms with Gasteiger partial charge in [0.2, 0.25) is 0 Å². The summed E-state index contributed by atoms with van der Waals surface area (Å²) in [7, 11) is 3.93. The molecule has 0 bridgehead atoms. The summed E-state index contributed by atoms with van der Waals surface area (Å²) in [6.45, 7) is 6.24. The minimum absolute atomic E-state index is 0.0389. The number of amidine groups is 1. The minimum Gasteiger partial charge on any atom is -0.463 e. The van der Waals surface area contributed by atoms with E-state index in [1.807, 2.05) is 50.2 Å². The lowest BCUT2D eigenvalue weighted by atomic mass is 9.82. The van der Waals surface area contributed by atoms with Gasteiger partial charge in [0.1, 0.15) is 11.6 Å². The maximum absolute atomic E-state index is 13.8. The van der Waals surface area contributed by atoms with Gasteiger partial charge in [-0.15, -0.1) is 0 Å². The number of hydrogen-bond acceptors (Lipinski definition) is 10. The summed E-state index contributed by atoms with van der Waals surface area (Å²) in [5, 5.41) is 27.1. The van der Waals surface area contributed by atoms with Gasteiger partial charge in [-0.3, -0.25) is 20.6 Å². The number of ether oxygens (including phenoxy) is 1. The number of aryl methyl sites for hydroxylation is 1. The quantitative estimate of drug-likeness (QED) is 0.0739. The maximum atomic E-state index is 13.8. The van der Waals surface area contributed by atoms with Crippen molar-refractivity contribution in [3.8, 4) is 0 Å². The molecule has 2 aliphatic heterocycles. The van der Waals surface area contributed by atoms with Gasteiger partial charge in [0.05, 0.1) is 23.0 Å². The number of carbonyl (C=O) groups is 1. The van der Waals surface area contributed by atoms with Crippen LogP contribution in [-0.4, -0.2) is 78.7 Å². The molecule has 2 aliphatic rings. The molecule has 1 aromatic heterocycles. The largest absolute Gasteiger partial charge is 0.463 e. The molecule has 0 saturated carbocycles. The number of rotatable bonds is 9. The molecule has 14 heteroatoms. The average Bonchev–Trinajstić information content (AvgIpc) is 3.48. The van der Waals surface area contributed by atoms with Gasteiger partial charge in [-0.25, -0.2) is 9.18 Å². The molecule has 0 amide bonds. The fraction of sp³-hybridized carbons (Fsp3) is 0.286. The molecule has 1 unspecified atom stereocenters. The van der Waals surface area contributed by atoms with Gasteiger partial charge in [0.15, 0.2) is 11.7 Å². The number of anilines is 3. The van der Waals surface area contributed by atoms with Crippen LogP contribution in [-0.2, 0) is 9.53 Å². The van der Waals surface area contributed by atoms with Crippen molar-refractivity contribution in [3.63, 3.8) is 0 Å². The highest BCUT2D eigenvalue weighted by atomic mass is 19.1. The highest BCUT2D eigenvalue weighted by Crippen LogP contribution is 2.43. The molecule has 3 N–H and O–H groups in total. The van der Waals surface area contributed by atoms with E-state index in [-0.39, 0.29) is 18.1 Å². The number of halogens is 1. The summed E-state index contributed by atoms with van der Waals surface area (Å²) in [6.07, 6.45) is 0. The number of nitrogens with zero attached hydrogens (tertiary/aromatic N) is 6. The van der Waals surface area contributed by atoms with E-state index < -0.39 is 16.8 Å². The van der Waals surface area contributed by atoms with E-state index in [2.05, 4.69) is 30.7 Å². The molecular formula is C35H38FN9O4. The van der Waals surface area contributed by atoms with E-state index >= 15 is 0 Å². The van der Waals surface area contributed by atoms with E-state index in [9.17, 15) is 19.3 Å². The molecule has 1 atom stereocenters.